The van der Waals surface area contributed by atoms with E-state index in [0.29, 0.717) is 27.7 Å². The minimum atomic E-state index is -0.235. The lowest BCUT2D eigenvalue weighted by Crippen LogP contribution is -2.32. The fraction of sp³-hybridized carbons (Fsp3) is 0.300. The molecule has 3 N–H and O–H groups in total. The molecule has 2 rings (SSSR count). The highest BCUT2D eigenvalue weighted by Gasteiger charge is 2.10. The maximum atomic E-state index is 12.2. The standard InChI is InChI=1S/C20H24ClN3O3/c1-4-13(2)23-20(26)14-6-5-7-16(10-14)24-19(25)12-22-15-8-9-18(27-3)17(21)11-15/h5-11,13,22H,4,12H2,1-3H3,(H,23,26)(H,24,25). The summed E-state index contributed by atoms with van der Waals surface area (Å²) in [5.74, 6) is 0.173. The summed E-state index contributed by atoms with van der Waals surface area (Å²) in [6, 6.07) is 12.1. The number of amides is 2. The van der Waals surface area contributed by atoms with Gasteiger partial charge in [-0.2, -0.15) is 0 Å². The molecule has 6 nitrogen and oxygen atoms in total. The normalized spacial score (nSPS) is 11.4. The molecule has 0 saturated carbocycles. The molecule has 0 aliphatic heterocycles. The van der Waals surface area contributed by atoms with Gasteiger partial charge in [-0.15, -0.1) is 0 Å². The SMILES string of the molecule is CCC(C)NC(=O)c1cccc(NC(=O)CNc2ccc(OC)c(Cl)c2)c1. The molecule has 0 saturated heterocycles. The van der Waals surface area contributed by atoms with E-state index in [1.807, 2.05) is 13.8 Å². The largest absolute Gasteiger partial charge is 0.495 e. The van der Waals surface area contributed by atoms with Crippen LogP contribution in [0, 0.1) is 0 Å². The van der Waals surface area contributed by atoms with Crippen molar-refractivity contribution < 1.29 is 14.3 Å². The number of hydrogen-bond acceptors (Lipinski definition) is 4. The lowest BCUT2D eigenvalue weighted by molar-refractivity contribution is -0.114. The van der Waals surface area contributed by atoms with Crippen molar-refractivity contribution in [3.63, 3.8) is 0 Å². The van der Waals surface area contributed by atoms with Crippen molar-refractivity contribution >= 4 is 34.8 Å². The third-order valence-corrected chi connectivity index (χ3v) is 4.30. The summed E-state index contributed by atoms with van der Waals surface area (Å²) in [4.78, 5) is 24.4. The molecule has 0 spiro atoms. The van der Waals surface area contributed by atoms with Crippen LogP contribution in [0.3, 0.4) is 0 Å². The van der Waals surface area contributed by atoms with Gasteiger partial charge < -0.3 is 20.7 Å². The van der Waals surface area contributed by atoms with Gasteiger partial charge in [0.05, 0.1) is 18.7 Å². The van der Waals surface area contributed by atoms with Crippen LogP contribution < -0.4 is 20.7 Å². The Morgan fingerprint density at radius 1 is 1.15 bits per heavy atom. The summed E-state index contributed by atoms with van der Waals surface area (Å²) in [5.41, 5.74) is 1.77. The van der Waals surface area contributed by atoms with Crippen molar-refractivity contribution in [1.29, 1.82) is 0 Å². The Bertz CT molecular complexity index is 811. The number of ether oxygens (including phenoxy) is 1. The zero-order valence-corrected chi connectivity index (χ0v) is 16.4. The van der Waals surface area contributed by atoms with Crippen molar-refractivity contribution in [2.45, 2.75) is 26.3 Å². The van der Waals surface area contributed by atoms with Gasteiger partial charge in [0.25, 0.3) is 5.91 Å². The second-order valence-corrected chi connectivity index (χ2v) is 6.52. The molecule has 0 radical (unpaired) electrons. The highest BCUT2D eigenvalue weighted by molar-refractivity contribution is 6.32. The Kier molecular flexibility index (Phi) is 7.49. The Balaban J connectivity index is 1.93. The molecule has 0 fully saturated rings. The Morgan fingerprint density at radius 3 is 2.59 bits per heavy atom. The molecule has 0 heterocycles. The Labute approximate surface area is 164 Å². The third-order valence-electron chi connectivity index (χ3n) is 4.00. The minimum Gasteiger partial charge on any atom is -0.495 e. The number of benzene rings is 2. The second-order valence-electron chi connectivity index (χ2n) is 6.11. The lowest BCUT2D eigenvalue weighted by atomic mass is 10.1. The molecule has 7 heteroatoms. The van der Waals surface area contributed by atoms with Gasteiger partial charge in [0, 0.05) is 23.0 Å². The van der Waals surface area contributed by atoms with Crippen LogP contribution in [0.25, 0.3) is 0 Å². The summed E-state index contributed by atoms with van der Waals surface area (Å²) >= 11 is 6.06. The number of carbonyl (C=O) groups excluding carboxylic acids is 2. The smallest absolute Gasteiger partial charge is 0.251 e. The van der Waals surface area contributed by atoms with E-state index < -0.39 is 0 Å². The Hall–Kier alpha value is -2.73. The fourth-order valence-corrected chi connectivity index (χ4v) is 2.57. The quantitative estimate of drug-likeness (QED) is 0.639. The fourth-order valence-electron chi connectivity index (χ4n) is 2.31. The topological polar surface area (TPSA) is 79.5 Å². The minimum absolute atomic E-state index is 0.0615. The average Bonchev–Trinajstić information content (AvgIpc) is 2.66. The van der Waals surface area contributed by atoms with Gasteiger partial charge in [-0.3, -0.25) is 9.59 Å². The van der Waals surface area contributed by atoms with E-state index in [-0.39, 0.29) is 24.4 Å². The van der Waals surface area contributed by atoms with Crippen molar-refractivity contribution in [3.05, 3.63) is 53.1 Å². The van der Waals surface area contributed by atoms with Crippen LogP contribution in [0.4, 0.5) is 11.4 Å². The van der Waals surface area contributed by atoms with Crippen LogP contribution >= 0.6 is 11.6 Å². The van der Waals surface area contributed by atoms with E-state index in [2.05, 4.69) is 16.0 Å². The van der Waals surface area contributed by atoms with Crippen molar-refractivity contribution in [1.82, 2.24) is 5.32 Å². The molecule has 2 amide bonds. The zero-order chi connectivity index (χ0) is 19.8. The van der Waals surface area contributed by atoms with E-state index in [0.717, 1.165) is 6.42 Å². The van der Waals surface area contributed by atoms with Crippen LogP contribution in [0.1, 0.15) is 30.6 Å². The molecule has 0 aliphatic carbocycles. The van der Waals surface area contributed by atoms with E-state index in [1.54, 1.807) is 49.6 Å². The van der Waals surface area contributed by atoms with E-state index >= 15 is 0 Å². The number of methoxy groups -OCH3 is 1. The number of carbonyl (C=O) groups is 2. The van der Waals surface area contributed by atoms with Gasteiger partial charge in [-0.1, -0.05) is 24.6 Å². The van der Waals surface area contributed by atoms with Crippen molar-refractivity contribution in [3.8, 4) is 5.75 Å². The number of nitrogens with one attached hydrogen (secondary N) is 3. The van der Waals surface area contributed by atoms with E-state index in [9.17, 15) is 9.59 Å². The summed E-state index contributed by atoms with van der Waals surface area (Å²) in [6.45, 7) is 4.01. The molecule has 27 heavy (non-hydrogen) atoms. The first-order valence-electron chi connectivity index (χ1n) is 8.71. The highest BCUT2D eigenvalue weighted by Crippen LogP contribution is 2.27. The summed E-state index contributed by atoms with van der Waals surface area (Å²) in [6.07, 6.45) is 0.850. The Morgan fingerprint density at radius 2 is 1.93 bits per heavy atom. The van der Waals surface area contributed by atoms with Gasteiger partial charge in [0.2, 0.25) is 5.91 Å². The van der Waals surface area contributed by atoms with Crippen molar-refractivity contribution in [2.24, 2.45) is 0 Å². The van der Waals surface area contributed by atoms with E-state index in [1.165, 1.54) is 0 Å². The van der Waals surface area contributed by atoms with Crippen LogP contribution in [0.15, 0.2) is 42.5 Å². The molecule has 0 aliphatic rings. The summed E-state index contributed by atoms with van der Waals surface area (Å²) in [7, 11) is 1.54. The first kappa shape index (κ1) is 20.6. The third kappa shape index (κ3) is 6.18. The number of anilines is 2. The predicted molar refractivity (Wildman–Crippen MR) is 109 cm³/mol. The first-order valence-corrected chi connectivity index (χ1v) is 9.09. The summed E-state index contributed by atoms with van der Waals surface area (Å²) in [5, 5.41) is 9.13. The van der Waals surface area contributed by atoms with Gasteiger partial charge in [-0.25, -0.2) is 0 Å². The molecule has 0 aromatic heterocycles. The monoisotopic (exact) mass is 389 g/mol. The zero-order valence-electron chi connectivity index (χ0n) is 15.6. The molecular formula is C20H24ClN3O3. The number of hydrogen-bond donors (Lipinski definition) is 3. The molecule has 0 bridgehead atoms. The molecule has 2 aromatic carbocycles. The molecular weight excluding hydrogens is 366 g/mol. The van der Waals surface area contributed by atoms with Crippen LogP contribution in [-0.2, 0) is 4.79 Å². The van der Waals surface area contributed by atoms with Gasteiger partial charge in [0.1, 0.15) is 5.75 Å². The highest BCUT2D eigenvalue weighted by atomic mass is 35.5. The van der Waals surface area contributed by atoms with E-state index in [4.69, 9.17) is 16.3 Å². The molecule has 1 unspecified atom stereocenters. The van der Waals surface area contributed by atoms with Crippen LogP contribution in [0.2, 0.25) is 5.02 Å². The number of rotatable bonds is 8. The maximum absolute atomic E-state index is 12.2. The molecule has 2 aromatic rings. The van der Waals surface area contributed by atoms with Crippen molar-refractivity contribution in [2.75, 3.05) is 24.3 Å². The van der Waals surface area contributed by atoms with Gasteiger partial charge >= 0.3 is 0 Å². The number of halogens is 1. The van der Waals surface area contributed by atoms with Gasteiger partial charge in [-0.05, 0) is 49.7 Å². The van der Waals surface area contributed by atoms with Gasteiger partial charge in [0.15, 0.2) is 0 Å². The molecule has 144 valence electrons. The molecule has 1 atom stereocenters. The van der Waals surface area contributed by atoms with Crippen LogP contribution in [0.5, 0.6) is 5.75 Å². The predicted octanol–water partition coefficient (Wildman–Crippen LogP) is 3.93. The lowest BCUT2D eigenvalue weighted by Gasteiger charge is -2.13. The first-order chi connectivity index (χ1) is 12.9. The average molecular weight is 390 g/mol. The van der Waals surface area contributed by atoms with Crippen LogP contribution in [-0.4, -0.2) is 31.5 Å². The maximum Gasteiger partial charge on any atom is 0.251 e. The summed E-state index contributed by atoms with van der Waals surface area (Å²) < 4.78 is 5.09. The second kappa shape index (κ2) is 9.83.